The van der Waals surface area contributed by atoms with Gasteiger partial charge < -0.3 is 10.1 Å². The molecule has 0 aliphatic rings. The summed E-state index contributed by atoms with van der Waals surface area (Å²) in [5.41, 5.74) is 0.633. The van der Waals surface area contributed by atoms with Crippen molar-refractivity contribution in [3.63, 3.8) is 0 Å². The maximum atomic E-state index is 13.6. The standard InChI is InChI=1S/C21H17F3N2O2/c22-15-4-6-16(7-5-15)28-21-12-14(10-11-25-21)13-26-20(27)9-8-17-18(23)2-1-3-19(17)24/h1-7,10-12H,8-9,13H2,(H,26,27). The molecule has 0 unspecified atom stereocenters. The fourth-order valence-corrected chi connectivity index (χ4v) is 2.54. The molecule has 0 spiro atoms. The van der Waals surface area contributed by atoms with Crippen LogP contribution < -0.4 is 10.1 Å². The molecule has 4 nitrogen and oxygen atoms in total. The summed E-state index contributed by atoms with van der Waals surface area (Å²) in [4.78, 5) is 16.0. The molecule has 3 aromatic rings. The minimum atomic E-state index is -0.662. The Hall–Kier alpha value is -3.35. The molecule has 0 radical (unpaired) electrons. The fraction of sp³-hybridized carbons (Fsp3) is 0.143. The summed E-state index contributed by atoms with van der Waals surface area (Å²) in [5.74, 6) is -1.30. The first-order valence-electron chi connectivity index (χ1n) is 8.59. The van der Waals surface area contributed by atoms with Gasteiger partial charge in [-0.05, 0) is 54.4 Å². The van der Waals surface area contributed by atoms with E-state index < -0.39 is 11.6 Å². The normalized spacial score (nSPS) is 10.5. The lowest BCUT2D eigenvalue weighted by molar-refractivity contribution is -0.121. The molecular weight excluding hydrogens is 369 g/mol. The van der Waals surface area contributed by atoms with Crippen LogP contribution in [-0.4, -0.2) is 10.9 Å². The maximum Gasteiger partial charge on any atom is 0.220 e. The molecule has 0 aliphatic heterocycles. The van der Waals surface area contributed by atoms with E-state index in [1.807, 2.05) is 0 Å². The van der Waals surface area contributed by atoms with Gasteiger partial charge in [-0.3, -0.25) is 4.79 Å². The lowest BCUT2D eigenvalue weighted by atomic mass is 10.1. The largest absolute Gasteiger partial charge is 0.439 e. The van der Waals surface area contributed by atoms with Crippen molar-refractivity contribution >= 4 is 5.91 Å². The van der Waals surface area contributed by atoms with Crippen molar-refractivity contribution in [2.75, 3.05) is 0 Å². The Morgan fingerprint density at radius 3 is 2.43 bits per heavy atom. The average Bonchev–Trinajstić information content (AvgIpc) is 2.68. The van der Waals surface area contributed by atoms with E-state index in [1.54, 1.807) is 12.1 Å². The Labute approximate surface area is 160 Å². The van der Waals surface area contributed by atoms with E-state index >= 15 is 0 Å². The molecule has 7 heteroatoms. The number of carbonyl (C=O) groups excluding carboxylic acids is 1. The molecule has 1 aromatic heterocycles. The highest BCUT2D eigenvalue weighted by atomic mass is 19.1. The molecular formula is C21H17F3N2O2. The summed E-state index contributed by atoms with van der Waals surface area (Å²) in [5, 5.41) is 2.69. The van der Waals surface area contributed by atoms with Crippen LogP contribution in [0.3, 0.4) is 0 Å². The number of halogens is 3. The zero-order valence-electron chi connectivity index (χ0n) is 14.8. The topological polar surface area (TPSA) is 51.2 Å². The van der Waals surface area contributed by atoms with Crippen LogP contribution in [0.5, 0.6) is 11.6 Å². The molecule has 144 valence electrons. The molecule has 0 aliphatic carbocycles. The summed E-state index contributed by atoms with van der Waals surface area (Å²) < 4.78 is 45.6. The van der Waals surface area contributed by atoms with Crippen molar-refractivity contribution in [3.8, 4) is 11.6 Å². The molecule has 0 bridgehead atoms. The predicted octanol–water partition coefficient (Wildman–Crippen LogP) is 4.54. The molecule has 1 N–H and O–H groups in total. The quantitative estimate of drug-likeness (QED) is 0.649. The summed E-state index contributed by atoms with van der Waals surface area (Å²) in [7, 11) is 0. The van der Waals surface area contributed by atoms with Crippen LogP contribution >= 0.6 is 0 Å². The minimum absolute atomic E-state index is 0.0282. The number of ether oxygens (including phenoxy) is 1. The Morgan fingerprint density at radius 2 is 1.71 bits per heavy atom. The van der Waals surface area contributed by atoms with Crippen molar-refractivity contribution < 1.29 is 22.7 Å². The SMILES string of the molecule is O=C(CCc1c(F)cccc1F)NCc1ccnc(Oc2ccc(F)cc2)c1. The van der Waals surface area contributed by atoms with Gasteiger partial charge in [0, 0.05) is 30.8 Å². The van der Waals surface area contributed by atoms with E-state index in [0.717, 1.165) is 17.7 Å². The summed E-state index contributed by atoms with van der Waals surface area (Å²) >= 11 is 0. The van der Waals surface area contributed by atoms with E-state index in [2.05, 4.69) is 10.3 Å². The van der Waals surface area contributed by atoms with Gasteiger partial charge >= 0.3 is 0 Å². The van der Waals surface area contributed by atoms with Gasteiger partial charge in [0.1, 0.15) is 23.2 Å². The van der Waals surface area contributed by atoms with Gasteiger partial charge in [0.15, 0.2) is 0 Å². The average molecular weight is 386 g/mol. The molecule has 3 rings (SSSR count). The number of hydrogen-bond acceptors (Lipinski definition) is 3. The first kappa shape index (κ1) is 19.4. The van der Waals surface area contributed by atoms with Crippen molar-refractivity contribution in [1.82, 2.24) is 10.3 Å². The van der Waals surface area contributed by atoms with Crippen molar-refractivity contribution in [2.45, 2.75) is 19.4 Å². The lowest BCUT2D eigenvalue weighted by Crippen LogP contribution is -2.23. The molecule has 0 atom stereocenters. The van der Waals surface area contributed by atoms with Crippen LogP contribution in [0.1, 0.15) is 17.5 Å². The van der Waals surface area contributed by atoms with Crippen LogP contribution in [0, 0.1) is 17.5 Å². The molecule has 0 saturated carbocycles. The highest BCUT2D eigenvalue weighted by molar-refractivity contribution is 5.76. The zero-order valence-corrected chi connectivity index (χ0v) is 14.8. The molecule has 0 saturated heterocycles. The van der Waals surface area contributed by atoms with Crippen LogP contribution in [0.15, 0.2) is 60.8 Å². The van der Waals surface area contributed by atoms with Gasteiger partial charge in [0.2, 0.25) is 11.8 Å². The maximum absolute atomic E-state index is 13.6. The zero-order chi connectivity index (χ0) is 19.9. The van der Waals surface area contributed by atoms with Gasteiger partial charge in [0.25, 0.3) is 0 Å². The van der Waals surface area contributed by atoms with Crippen LogP contribution in [-0.2, 0) is 17.8 Å². The second kappa shape index (κ2) is 9.03. The van der Waals surface area contributed by atoms with Crippen LogP contribution in [0.2, 0.25) is 0 Å². The minimum Gasteiger partial charge on any atom is -0.439 e. The van der Waals surface area contributed by atoms with E-state index in [4.69, 9.17) is 4.74 Å². The first-order chi connectivity index (χ1) is 13.5. The van der Waals surface area contributed by atoms with Crippen molar-refractivity contribution in [1.29, 1.82) is 0 Å². The summed E-state index contributed by atoms with van der Waals surface area (Å²) in [6, 6.07) is 12.5. The number of nitrogens with zero attached hydrogens (tertiary/aromatic N) is 1. The highest BCUT2D eigenvalue weighted by Gasteiger charge is 2.11. The van der Waals surface area contributed by atoms with Gasteiger partial charge in [-0.15, -0.1) is 0 Å². The second-order valence-electron chi connectivity index (χ2n) is 6.04. The van der Waals surface area contributed by atoms with E-state index in [9.17, 15) is 18.0 Å². The predicted molar refractivity (Wildman–Crippen MR) is 97.2 cm³/mol. The number of carbonyl (C=O) groups is 1. The highest BCUT2D eigenvalue weighted by Crippen LogP contribution is 2.20. The van der Waals surface area contributed by atoms with Gasteiger partial charge in [-0.1, -0.05) is 6.07 Å². The number of pyridine rings is 1. The summed E-state index contributed by atoms with van der Waals surface area (Å²) in [6.07, 6.45) is 1.45. The Kier molecular flexibility index (Phi) is 6.26. The molecule has 1 heterocycles. The molecule has 2 aromatic carbocycles. The van der Waals surface area contributed by atoms with E-state index in [0.29, 0.717) is 11.6 Å². The number of hydrogen-bond donors (Lipinski definition) is 1. The molecule has 28 heavy (non-hydrogen) atoms. The van der Waals surface area contributed by atoms with Gasteiger partial charge in [-0.2, -0.15) is 0 Å². The molecule has 0 fully saturated rings. The Morgan fingerprint density at radius 1 is 1.00 bits per heavy atom. The van der Waals surface area contributed by atoms with Crippen LogP contribution in [0.4, 0.5) is 13.2 Å². The lowest BCUT2D eigenvalue weighted by Gasteiger charge is -2.09. The Bertz CT molecular complexity index is 942. The number of rotatable bonds is 7. The van der Waals surface area contributed by atoms with Gasteiger partial charge in [-0.25, -0.2) is 18.2 Å². The van der Waals surface area contributed by atoms with Crippen LogP contribution in [0.25, 0.3) is 0 Å². The molecule has 1 amide bonds. The van der Waals surface area contributed by atoms with E-state index in [1.165, 1.54) is 36.5 Å². The smallest absolute Gasteiger partial charge is 0.220 e. The monoisotopic (exact) mass is 386 g/mol. The second-order valence-corrected chi connectivity index (χ2v) is 6.04. The third kappa shape index (κ3) is 5.33. The Balaban J connectivity index is 1.53. The summed E-state index contributed by atoms with van der Waals surface area (Å²) in [6.45, 7) is 0.209. The fourth-order valence-electron chi connectivity index (χ4n) is 2.54. The first-order valence-corrected chi connectivity index (χ1v) is 8.59. The van der Waals surface area contributed by atoms with Crippen molar-refractivity contribution in [3.05, 3.63) is 89.4 Å². The number of benzene rings is 2. The number of amides is 1. The number of nitrogens with one attached hydrogen (secondary N) is 1. The van der Waals surface area contributed by atoms with E-state index in [-0.39, 0.29) is 36.7 Å². The number of aromatic nitrogens is 1. The third-order valence-electron chi connectivity index (χ3n) is 3.99. The van der Waals surface area contributed by atoms with Gasteiger partial charge in [0.05, 0.1) is 0 Å². The van der Waals surface area contributed by atoms with Crippen molar-refractivity contribution in [2.24, 2.45) is 0 Å². The third-order valence-corrected chi connectivity index (χ3v) is 3.99.